The minimum absolute atomic E-state index is 0.0627. The van der Waals surface area contributed by atoms with E-state index in [1.165, 1.54) is 12.4 Å². The fourth-order valence-electron chi connectivity index (χ4n) is 1.80. The SMILES string of the molecule is COc1ccc(CN2C=C(C(C)(F)F)C=NC2)cc1. The van der Waals surface area contributed by atoms with Crippen LogP contribution in [0.2, 0.25) is 0 Å². The molecule has 3 nitrogen and oxygen atoms in total. The summed E-state index contributed by atoms with van der Waals surface area (Å²) < 4.78 is 31.5. The van der Waals surface area contributed by atoms with Gasteiger partial charge in [-0.25, -0.2) is 8.78 Å². The van der Waals surface area contributed by atoms with Gasteiger partial charge in [0.05, 0.1) is 12.7 Å². The van der Waals surface area contributed by atoms with Crippen molar-refractivity contribution in [3.05, 3.63) is 41.6 Å². The van der Waals surface area contributed by atoms with Gasteiger partial charge in [-0.1, -0.05) is 12.1 Å². The first kappa shape index (κ1) is 13.5. The van der Waals surface area contributed by atoms with Crippen molar-refractivity contribution in [2.24, 2.45) is 4.99 Å². The van der Waals surface area contributed by atoms with Crippen LogP contribution in [0.1, 0.15) is 12.5 Å². The molecule has 0 saturated heterocycles. The van der Waals surface area contributed by atoms with Gasteiger partial charge in [-0.05, 0) is 17.7 Å². The van der Waals surface area contributed by atoms with Crippen LogP contribution in [0.3, 0.4) is 0 Å². The fraction of sp³-hybridized carbons (Fsp3) is 0.357. The van der Waals surface area contributed by atoms with Crippen molar-refractivity contribution in [2.45, 2.75) is 19.4 Å². The molecule has 19 heavy (non-hydrogen) atoms. The van der Waals surface area contributed by atoms with Crippen molar-refractivity contribution in [3.8, 4) is 5.75 Å². The number of halogens is 2. The van der Waals surface area contributed by atoms with Crippen molar-refractivity contribution in [3.63, 3.8) is 0 Å². The van der Waals surface area contributed by atoms with Crippen molar-refractivity contribution in [1.82, 2.24) is 4.90 Å². The Kier molecular flexibility index (Phi) is 3.83. The molecule has 1 heterocycles. The predicted molar refractivity (Wildman–Crippen MR) is 70.6 cm³/mol. The average molecular weight is 266 g/mol. The second-order valence-electron chi connectivity index (χ2n) is 4.52. The highest BCUT2D eigenvalue weighted by molar-refractivity contribution is 5.81. The van der Waals surface area contributed by atoms with Crippen LogP contribution >= 0.6 is 0 Å². The Hall–Kier alpha value is -1.91. The van der Waals surface area contributed by atoms with Crippen molar-refractivity contribution in [2.75, 3.05) is 13.8 Å². The van der Waals surface area contributed by atoms with E-state index < -0.39 is 5.92 Å². The third-order valence-corrected chi connectivity index (χ3v) is 2.87. The van der Waals surface area contributed by atoms with E-state index in [0.717, 1.165) is 18.2 Å². The minimum atomic E-state index is -2.86. The number of allylic oxidation sites excluding steroid dienone is 1. The van der Waals surface area contributed by atoms with Crippen molar-refractivity contribution in [1.29, 1.82) is 0 Å². The summed E-state index contributed by atoms with van der Waals surface area (Å²) in [4.78, 5) is 5.72. The molecule has 1 aromatic rings. The number of hydrogen-bond acceptors (Lipinski definition) is 3. The summed E-state index contributed by atoms with van der Waals surface area (Å²) in [5.74, 6) is -2.08. The number of ether oxygens (including phenoxy) is 1. The highest BCUT2D eigenvalue weighted by Crippen LogP contribution is 2.24. The van der Waals surface area contributed by atoms with E-state index in [2.05, 4.69) is 4.99 Å². The fourth-order valence-corrected chi connectivity index (χ4v) is 1.80. The highest BCUT2D eigenvalue weighted by Gasteiger charge is 2.28. The van der Waals surface area contributed by atoms with Crippen LogP contribution in [-0.4, -0.2) is 30.8 Å². The molecule has 5 heteroatoms. The average Bonchev–Trinajstić information content (AvgIpc) is 2.39. The van der Waals surface area contributed by atoms with Gasteiger partial charge in [-0.2, -0.15) is 0 Å². The maximum Gasteiger partial charge on any atom is 0.273 e. The lowest BCUT2D eigenvalue weighted by molar-refractivity contribution is 0.0678. The molecule has 0 saturated carbocycles. The van der Waals surface area contributed by atoms with Crippen LogP contribution in [0.25, 0.3) is 0 Å². The molecule has 2 rings (SSSR count). The Balaban J connectivity index is 2.07. The van der Waals surface area contributed by atoms with E-state index in [1.54, 1.807) is 12.0 Å². The number of rotatable bonds is 4. The van der Waals surface area contributed by atoms with Gasteiger partial charge in [0, 0.05) is 25.9 Å². The summed E-state index contributed by atoms with van der Waals surface area (Å²) in [5, 5.41) is 0. The molecule has 102 valence electrons. The summed E-state index contributed by atoms with van der Waals surface area (Å²) in [6.45, 7) is 1.81. The summed E-state index contributed by atoms with van der Waals surface area (Å²) in [6, 6.07) is 7.52. The van der Waals surface area contributed by atoms with E-state index in [0.29, 0.717) is 13.2 Å². The zero-order valence-electron chi connectivity index (χ0n) is 10.9. The largest absolute Gasteiger partial charge is 0.497 e. The zero-order chi connectivity index (χ0) is 13.9. The maximum atomic E-state index is 13.2. The summed E-state index contributed by atoms with van der Waals surface area (Å²) in [7, 11) is 1.60. The first-order valence-corrected chi connectivity index (χ1v) is 5.96. The first-order chi connectivity index (χ1) is 8.99. The Labute approximate surface area is 111 Å². The molecular weight excluding hydrogens is 250 g/mol. The molecule has 0 N–H and O–H groups in total. The molecule has 0 spiro atoms. The summed E-state index contributed by atoms with van der Waals surface area (Å²) >= 11 is 0. The maximum absolute atomic E-state index is 13.2. The molecule has 0 aliphatic carbocycles. The van der Waals surface area contributed by atoms with E-state index in [-0.39, 0.29) is 5.57 Å². The van der Waals surface area contributed by atoms with Crippen LogP contribution in [0.15, 0.2) is 41.0 Å². The third-order valence-electron chi connectivity index (χ3n) is 2.87. The number of benzene rings is 1. The second-order valence-corrected chi connectivity index (χ2v) is 4.52. The number of methoxy groups -OCH3 is 1. The van der Waals surface area contributed by atoms with Gasteiger partial charge in [-0.15, -0.1) is 0 Å². The number of aliphatic imine (C=N–C) groups is 1. The molecule has 1 aliphatic heterocycles. The van der Waals surface area contributed by atoms with Crippen molar-refractivity contribution >= 4 is 6.21 Å². The van der Waals surface area contributed by atoms with Crippen LogP contribution in [0.4, 0.5) is 8.78 Å². The monoisotopic (exact) mass is 266 g/mol. The first-order valence-electron chi connectivity index (χ1n) is 5.96. The smallest absolute Gasteiger partial charge is 0.273 e. The Morgan fingerprint density at radius 1 is 1.32 bits per heavy atom. The van der Waals surface area contributed by atoms with Crippen LogP contribution < -0.4 is 4.74 Å². The molecule has 0 aromatic heterocycles. The van der Waals surface area contributed by atoms with E-state index in [1.807, 2.05) is 24.3 Å². The molecule has 0 radical (unpaired) electrons. The third kappa shape index (κ3) is 3.53. The van der Waals surface area contributed by atoms with Crippen LogP contribution in [0.5, 0.6) is 5.75 Å². The molecule has 0 fully saturated rings. The molecule has 1 aromatic carbocycles. The lowest BCUT2D eigenvalue weighted by Gasteiger charge is -2.24. The van der Waals surface area contributed by atoms with Gasteiger partial charge in [-0.3, -0.25) is 4.99 Å². The van der Waals surface area contributed by atoms with Gasteiger partial charge < -0.3 is 9.64 Å². The molecule has 0 bridgehead atoms. The Morgan fingerprint density at radius 3 is 2.58 bits per heavy atom. The van der Waals surface area contributed by atoms with Gasteiger partial charge in [0.1, 0.15) is 12.4 Å². The van der Waals surface area contributed by atoms with Crippen LogP contribution in [-0.2, 0) is 6.54 Å². The molecule has 0 amide bonds. The molecule has 0 unspecified atom stereocenters. The van der Waals surface area contributed by atoms with Crippen LogP contribution in [0, 0.1) is 0 Å². The van der Waals surface area contributed by atoms with Gasteiger partial charge in [0.15, 0.2) is 0 Å². The number of hydrogen-bond donors (Lipinski definition) is 0. The van der Waals surface area contributed by atoms with Gasteiger partial charge in [0.2, 0.25) is 0 Å². The highest BCUT2D eigenvalue weighted by atomic mass is 19.3. The summed E-state index contributed by atoms with van der Waals surface area (Å²) in [6.07, 6.45) is 2.71. The Morgan fingerprint density at radius 2 is 2.00 bits per heavy atom. The van der Waals surface area contributed by atoms with Gasteiger partial charge in [0.25, 0.3) is 5.92 Å². The molecular formula is C14H16F2N2O. The predicted octanol–water partition coefficient (Wildman–Crippen LogP) is 3.08. The zero-order valence-corrected chi connectivity index (χ0v) is 10.9. The number of alkyl halides is 2. The number of nitrogens with zero attached hydrogens (tertiary/aromatic N) is 2. The topological polar surface area (TPSA) is 24.8 Å². The lowest BCUT2D eigenvalue weighted by Crippen LogP contribution is -2.26. The van der Waals surface area contributed by atoms with Crippen molar-refractivity contribution < 1.29 is 13.5 Å². The normalized spacial score (nSPS) is 15.4. The summed E-state index contributed by atoms with van der Waals surface area (Å²) in [5.41, 5.74) is 0.959. The quantitative estimate of drug-likeness (QED) is 0.836. The molecule has 1 aliphatic rings. The van der Waals surface area contributed by atoms with E-state index in [9.17, 15) is 8.78 Å². The lowest BCUT2D eigenvalue weighted by atomic mass is 10.1. The molecule has 0 atom stereocenters. The minimum Gasteiger partial charge on any atom is -0.497 e. The van der Waals surface area contributed by atoms with E-state index >= 15 is 0 Å². The van der Waals surface area contributed by atoms with E-state index in [4.69, 9.17) is 4.74 Å². The Bertz CT molecular complexity index is 489. The standard InChI is InChI=1S/C14H16F2N2O/c1-14(15,16)12-7-17-10-18(9-12)8-11-3-5-13(19-2)6-4-11/h3-7,9H,8,10H2,1-2H3. The second kappa shape index (κ2) is 5.38. The van der Waals surface area contributed by atoms with Gasteiger partial charge >= 0.3 is 0 Å².